The monoisotopic (exact) mass is 344 g/mol. The fraction of sp³-hybridized carbons (Fsp3) is 0.526. The van der Waals surface area contributed by atoms with Crippen molar-refractivity contribution in [1.82, 2.24) is 19.6 Å². The second-order valence-electron chi connectivity index (χ2n) is 6.47. The molecule has 2 aromatic rings. The van der Waals surface area contributed by atoms with Gasteiger partial charge in [0.25, 0.3) is 5.56 Å². The van der Waals surface area contributed by atoms with Crippen LogP contribution in [0.4, 0.5) is 0 Å². The summed E-state index contributed by atoms with van der Waals surface area (Å²) in [6.45, 7) is 6.73. The highest BCUT2D eigenvalue weighted by Crippen LogP contribution is 2.15. The molecule has 6 nitrogen and oxygen atoms in total. The summed E-state index contributed by atoms with van der Waals surface area (Å²) in [5.74, 6) is 0.0451. The molecule has 0 aliphatic heterocycles. The lowest BCUT2D eigenvalue weighted by atomic mass is 10.1. The van der Waals surface area contributed by atoms with Crippen molar-refractivity contribution in [2.45, 2.75) is 33.2 Å². The van der Waals surface area contributed by atoms with E-state index in [4.69, 9.17) is 0 Å². The smallest absolute Gasteiger partial charge is 0.274 e. The molecule has 0 aliphatic rings. The van der Waals surface area contributed by atoms with E-state index in [0.29, 0.717) is 30.7 Å². The van der Waals surface area contributed by atoms with Crippen LogP contribution >= 0.6 is 0 Å². The summed E-state index contributed by atoms with van der Waals surface area (Å²) in [6, 6.07) is 7.41. The van der Waals surface area contributed by atoms with E-state index in [0.717, 1.165) is 18.4 Å². The highest BCUT2D eigenvalue weighted by molar-refractivity contribution is 5.88. The number of aromatic nitrogens is 2. The van der Waals surface area contributed by atoms with Gasteiger partial charge >= 0.3 is 0 Å². The maximum Gasteiger partial charge on any atom is 0.274 e. The lowest BCUT2D eigenvalue weighted by Crippen LogP contribution is -2.38. The van der Waals surface area contributed by atoms with Gasteiger partial charge < -0.3 is 9.80 Å². The molecule has 0 aliphatic carbocycles. The Balaban J connectivity index is 2.34. The predicted octanol–water partition coefficient (Wildman–Crippen LogP) is 1.76. The summed E-state index contributed by atoms with van der Waals surface area (Å²) in [5, 5.41) is 5.89. The summed E-state index contributed by atoms with van der Waals surface area (Å²) in [7, 11) is 3.99. The second kappa shape index (κ2) is 8.76. The van der Waals surface area contributed by atoms with Crippen molar-refractivity contribution in [3.05, 3.63) is 40.3 Å². The number of likely N-dealkylation sites (N-methyl/N-ethyl adjacent to an activating group) is 2. The Labute approximate surface area is 149 Å². The van der Waals surface area contributed by atoms with Crippen molar-refractivity contribution >= 4 is 16.7 Å². The van der Waals surface area contributed by atoms with Crippen molar-refractivity contribution in [3.8, 4) is 0 Å². The van der Waals surface area contributed by atoms with Crippen LogP contribution in [-0.4, -0.2) is 59.2 Å². The first-order chi connectivity index (χ1) is 12.0. The maximum atomic E-state index is 12.7. The number of fused-ring (bicyclic) bond motifs is 1. The van der Waals surface area contributed by atoms with Crippen LogP contribution in [0.3, 0.4) is 0 Å². The number of rotatable bonds is 8. The Morgan fingerprint density at radius 2 is 1.80 bits per heavy atom. The fourth-order valence-corrected chi connectivity index (χ4v) is 2.83. The lowest BCUT2D eigenvalue weighted by molar-refractivity contribution is -0.130. The van der Waals surface area contributed by atoms with Crippen LogP contribution < -0.4 is 5.56 Å². The minimum atomic E-state index is -0.0893. The Morgan fingerprint density at radius 3 is 2.40 bits per heavy atom. The first-order valence-corrected chi connectivity index (χ1v) is 8.89. The van der Waals surface area contributed by atoms with E-state index in [1.54, 1.807) is 0 Å². The molecule has 1 heterocycles. The molecule has 1 aromatic carbocycles. The molecule has 6 heteroatoms. The molecule has 0 N–H and O–H groups in total. The molecular weight excluding hydrogens is 316 g/mol. The van der Waals surface area contributed by atoms with Gasteiger partial charge in [-0.15, -0.1) is 0 Å². The zero-order valence-corrected chi connectivity index (χ0v) is 15.7. The Morgan fingerprint density at radius 1 is 1.12 bits per heavy atom. The fourth-order valence-electron chi connectivity index (χ4n) is 2.83. The molecule has 0 saturated carbocycles. The minimum Gasteiger partial charge on any atom is -0.341 e. The molecule has 0 unspecified atom stereocenters. The largest absolute Gasteiger partial charge is 0.341 e. The van der Waals surface area contributed by atoms with Gasteiger partial charge in [0, 0.05) is 31.6 Å². The highest BCUT2D eigenvalue weighted by atomic mass is 16.2. The van der Waals surface area contributed by atoms with Crippen molar-refractivity contribution in [3.63, 3.8) is 0 Å². The maximum absolute atomic E-state index is 12.7. The number of hydrogen-bond acceptors (Lipinski definition) is 4. The van der Waals surface area contributed by atoms with Crippen LogP contribution in [0.15, 0.2) is 29.1 Å². The van der Waals surface area contributed by atoms with Gasteiger partial charge in [0.1, 0.15) is 0 Å². The summed E-state index contributed by atoms with van der Waals surface area (Å²) in [6.07, 6.45) is 1.04. The zero-order valence-electron chi connectivity index (χ0n) is 15.7. The Hall–Kier alpha value is -2.21. The number of carbonyl (C=O) groups excluding carboxylic acids is 1. The van der Waals surface area contributed by atoms with E-state index in [9.17, 15) is 9.59 Å². The van der Waals surface area contributed by atoms with Crippen molar-refractivity contribution in [2.75, 3.05) is 33.7 Å². The number of benzene rings is 1. The molecule has 25 heavy (non-hydrogen) atoms. The van der Waals surface area contributed by atoms with Gasteiger partial charge in [0.05, 0.1) is 17.5 Å². The van der Waals surface area contributed by atoms with E-state index in [2.05, 4.69) is 10.00 Å². The minimum absolute atomic E-state index is 0.0451. The second-order valence-corrected chi connectivity index (χ2v) is 6.47. The third-order valence-corrected chi connectivity index (χ3v) is 4.25. The zero-order chi connectivity index (χ0) is 18.4. The van der Waals surface area contributed by atoms with E-state index in [1.165, 1.54) is 4.68 Å². The number of amides is 1. The third kappa shape index (κ3) is 4.66. The molecule has 0 radical (unpaired) electrons. The molecular formula is C19H28N4O2. The number of nitrogens with zero attached hydrogens (tertiary/aromatic N) is 4. The summed E-state index contributed by atoms with van der Waals surface area (Å²) < 4.78 is 1.49. The van der Waals surface area contributed by atoms with Crippen LogP contribution in [0.1, 0.15) is 26.0 Å². The van der Waals surface area contributed by atoms with Gasteiger partial charge in [0.2, 0.25) is 5.91 Å². The number of hydrogen-bond donors (Lipinski definition) is 0. The summed E-state index contributed by atoms with van der Waals surface area (Å²) >= 11 is 0. The third-order valence-electron chi connectivity index (χ3n) is 4.25. The van der Waals surface area contributed by atoms with Gasteiger partial charge in [0.15, 0.2) is 0 Å². The van der Waals surface area contributed by atoms with Crippen molar-refractivity contribution < 1.29 is 4.79 Å². The van der Waals surface area contributed by atoms with Gasteiger partial charge in [-0.25, -0.2) is 4.68 Å². The van der Waals surface area contributed by atoms with E-state index in [-0.39, 0.29) is 17.9 Å². The molecule has 136 valence electrons. The SMILES string of the molecule is CCCn1nc(CC(=O)N(CC)CCN(C)C)c2ccccc2c1=O. The Bertz CT molecular complexity index is 783. The quantitative estimate of drug-likeness (QED) is 0.732. The van der Waals surface area contributed by atoms with Crippen molar-refractivity contribution in [2.24, 2.45) is 0 Å². The average molecular weight is 344 g/mol. The van der Waals surface area contributed by atoms with Gasteiger partial charge in [-0.3, -0.25) is 9.59 Å². The molecule has 0 saturated heterocycles. The first-order valence-electron chi connectivity index (χ1n) is 8.89. The van der Waals surface area contributed by atoms with Crippen molar-refractivity contribution in [1.29, 1.82) is 0 Å². The molecule has 0 fully saturated rings. The van der Waals surface area contributed by atoms with Gasteiger partial charge in [-0.05, 0) is 33.5 Å². The molecule has 0 atom stereocenters. The highest BCUT2D eigenvalue weighted by Gasteiger charge is 2.17. The number of aryl methyl sites for hydroxylation is 1. The van der Waals surface area contributed by atoms with Crippen LogP contribution in [0.5, 0.6) is 0 Å². The topological polar surface area (TPSA) is 58.4 Å². The van der Waals surface area contributed by atoms with Crippen LogP contribution in [-0.2, 0) is 17.8 Å². The van der Waals surface area contributed by atoms with Crippen LogP contribution in [0.25, 0.3) is 10.8 Å². The van der Waals surface area contributed by atoms with Gasteiger partial charge in [-0.1, -0.05) is 25.1 Å². The standard InChI is InChI=1S/C19H28N4O2/c1-5-11-23-19(25)16-10-8-7-9-15(16)17(20-23)14-18(24)22(6-2)13-12-21(3)4/h7-10H,5-6,11-14H2,1-4H3. The molecule has 2 rings (SSSR count). The lowest BCUT2D eigenvalue weighted by Gasteiger charge is -2.23. The molecule has 1 aromatic heterocycles. The average Bonchev–Trinajstić information content (AvgIpc) is 2.59. The molecule has 0 bridgehead atoms. The summed E-state index contributed by atoms with van der Waals surface area (Å²) in [5.41, 5.74) is 0.588. The predicted molar refractivity (Wildman–Crippen MR) is 101 cm³/mol. The normalized spacial score (nSPS) is 11.2. The molecule has 0 spiro atoms. The van der Waals surface area contributed by atoms with E-state index in [1.807, 2.05) is 57.1 Å². The number of carbonyl (C=O) groups is 1. The van der Waals surface area contributed by atoms with E-state index >= 15 is 0 Å². The first kappa shape index (κ1) is 19.1. The Kier molecular flexibility index (Phi) is 6.70. The van der Waals surface area contributed by atoms with Crippen LogP contribution in [0.2, 0.25) is 0 Å². The molecule has 1 amide bonds. The van der Waals surface area contributed by atoms with E-state index < -0.39 is 0 Å². The summed E-state index contributed by atoms with van der Waals surface area (Å²) in [4.78, 5) is 29.2. The van der Waals surface area contributed by atoms with Gasteiger partial charge in [-0.2, -0.15) is 5.10 Å². The van der Waals surface area contributed by atoms with Crippen LogP contribution in [0, 0.1) is 0 Å².